The van der Waals surface area contributed by atoms with Gasteiger partial charge in [-0.1, -0.05) is 12.8 Å². The molecular weight excluding hydrogens is 938 g/mol. The summed E-state index contributed by atoms with van der Waals surface area (Å²) in [6.07, 6.45) is 20.0. The zero-order valence-corrected chi connectivity index (χ0v) is 40.1. The largest absolute Gasteiger partial charge is 0.399 e. The number of nitro groups is 2. The molecule has 0 bridgehead atoms. The molecule has 1 aliphatic rings. The van der Waals surface area contributed by atoms with Gasteiger partial charge in [-0.3, -0.25) is 30.1 Å². The van der Waals surface area contributed by atoms with Gasteiger partial charge in [0.2, 0.25) is 5.95 Å². The first kappa shape index (κ1) is 52.7. The minimum Gasteiger partial charge on any atom is -0.399 e. The zero-order valence-electron chi connectivity index (χ0n) is 40.1. The van der Waals surface area contributed by atoms with Crippen LogP contribution in [0.25, 0.3) is 17.1 Å². The molecule has 5 heterocycles. The fourth-order valence-corrected chi connectivity index (χ4v) is 7.17. The van der Waals surface area contributed by atoms with Gasteiger partial charge in [0.1, 0.15) is 34.7 Å². The van der Waals surface area contributed by atoms with Crippen LogP contribution in [-0.4, -0.2) is 76.7 Å². The van der Waals surface area contributed by atoms with Crippen LogP contribution in [0.3, 0.4) is 0 Å². The summed E-state index contributed by atoms with van der Waals surface area (Å²) in [5.41, 5.74) is 22.1. The van der Waals surface area contributed by atoms with Crippen molar-refractivity contribution in [1.29, 1.82) is 0 Å². The van der Waals surface area contributed by atoms with E-state index in [2.05, 4.69) is 45.8 Å². The van der Waals surface area contributed by atoms with Gasteiger partial charge in [-0.15, -0.1) is 0 Å². The van der Waals surface area contributed by atoms with Crippen molar-refractivity contribution in [2.24, 2.45) is 11.5 Å². The molecule has 22 nitrogen and oxygen atoms in total. The second-order valence-corrected chi connectivity index (χ2v) is 16.1. The third-order valence-electron chi connectivity index (χ3n) is 11.0. The third-order valence-corrected chi connectivity index (χ3v) is 11.0. The molecule has 10 rings (SSSR count). The maximum Gasteiger partial charge on any atom is 0.269 e. The fraction of sp³-hybridized carbons (Fsp3) is 0.180. The molecule has 0 unspecified atom stereocenters. The number of hydrogen-bond acceptors (Lipinski definition) is 15. The molecule has 2 atom stereocenters. The SMILES string of the molecule is Cc1nccn1-c1ccc(N)cc1.Cc1nccn1-c1ccc(Nc2nc(N[C@@H]3CCCC[C@@H]3N)ncc2C(N)=O)cc1.Cc1nccn1-c1ccc([N+](=O)[O-])cc1.O=[N+]([O-])c1ccc(F)cc1.c1cn[nH]c1. The molecular formula is C50H54FN17O5. The quantitative estimate of drug-likeness (QED) is 0.0425. The van der Waals surface area contributed by atoms with Crippen molar-refractivity contribution < 1.29 is 19.0 Å². The summed E-state index contributed by atoms with van der Waals surface area (Å²) in [5.74, 6) is 2.45. The normalized spacial score (nSPS) is 13.4. The Bertz CT molecular complexity index is 3120. The standard InChI is InChI=1S/C21H26N8O.C10H9N3O2.C10H11N3.C6H4FNO2.C3H4N2/c1-13-24-10-11-29(13)15-8-6-14(7-9-15)26-20-16(19(23)30)12-25-21(28-20)27-18-5-3-2-4-17(18)22;1-8-11-6-7-12(8)9-2-4-10(5-3-9)13(14)15;1-8-12-6-7-13(8)10-4-2-9(11)3-5-10;7-5-1-3-6(4-2-5)8(9)10;1-2-4-5-3-1/h6-12,17-18H,2-5,22H2,1H3,(H2,23,30)(H2,25,26,27,28);2-7H,1H3;2-7H,11H2,1H3;1-4H;1-3H,(H,4,5)/t17-,18+;;;;/m0..../s1. The fourth-order valence-electron chi connectivity index (χ4n) is 7.17. The molecule has 4 aromatic carbocycles. The number of benzene rings is 4. The van der Waals surface area contributed by atoms with Crippen molar-refractivity contribution in [2.45, 2.75) is 58.5 Å². The van der Waals surface area contributed by atoms with Gasteiger partial charge in [0.15, 0.2) is 0 Å². The molecule has 9 N–H and O–H groups in total. The number of halogens is 1. The summed E-state index contributed by atoms with van der Waals surface area (Å²) in [5, 5.41) is 33.1. The first-order valence-corrected chi connectivity index (χ1v) is 22.7. The number of primary amides is 1. The van der Waals surface area contributed by atoms with E-state index in [-0.39, 0.29) is 29.0 Å². The summed E-state index contributed by atoms with van der Waals surface area (Å²) < 4.78 is 18.0. The number of aryl methyl sites for hydroxylation is 3. The van der Waals surface area contributed by atoms with Crippen molar-refractivity contribution in [3.8, 4) is 17.1 Å². The predicted molar refractivity (Wildman–Crippen MR) is 275 cm³/mol. The van der Waals surface area contributed by atoms with Crippen molar-refractivity contribution >= 4 is 40.4 Å². The van der Waals surface area contributed by atoms with Crippen LogP contribution in [0.2, 0.25) is 0 Å². The highest BCUT2D eigenvalue weighted by molar-refractivity contribution is 5.98. The number of carbonyl (C=O) groups excluding carboxylic acids is 1. The van der Waals surface area contributed by atoms with Gasteiger partial charge in [0.05, 0.1) is 9.85 Å². The van der Waals surface area contributed by atoms with Crippen LogP contribution in [0.15, 0.2) is 159 Å². The maximum absolute atomic E-state index is 12.1. The summed E-state index contributed by atoms with van der Waals surface area (Å²) >= 11 is 0. The molecule has 0 saturated heterocycles. The van der Waals surface area contributed by atoms with E-state index in [1.54, 1.807) is 43.1 Å². The smallest absolute Gasteiger partial charge is 0.269 e. The van der Waals surface area contributed by atoms with Crippen LogP contribution in [0, 0.1) is 46.8 Å². The molecule has 0 spiro atoms. The van der Waals surface area contributed by atoms with E-state index >= 15 is 0 Å². The summed E-state index contributed by atoms with van der Waals surface area (Å²) in [7, 11) is 0. The predicted octanol–water partition coefficient (Wildman–Crippen LogP) is 8.49. The van der Waals surface area contributed by atoms with E-state index in [0.717, 1.165) is 95.9 Å². The maximum atomic E-state index is 12.1. The minimum absolute atomic E-state index is 0.0637. The van der Waals surface area contributed by atoms with E-state index in [4.69, 9.17) is 17.2 Å². The number of nitrogens with one attached hydrogen (secondary N) is 3. The van der Waals surface area contributed by atoms with Gasteiger partial charge in [0, 0.05) is 121 Å². The van der Waals surface area contributed by atoms with Gasteiger partial charge < -0.3 is 41.5 Å². The molecule has 376 valence electrons. The minimum atomic E-state index is -0.593. The van der Waals surface area contributed by atoms with Crippen LogP contribution in [-0.2, 0) is 0 Å². The molecule has 0 aliphatic heterocycles. The number of amides is 1. The number of nitrogens with zero attached hydrogens (tertiary/aromatic N) is 11. The number of aromatic nitrogens is 10. The van der Waals surface area contributed by atoms with Crippen LogP contribution in [0.1, 0.15) is 53.5 Å². The Morgan fingerprint density at radius 3 is 1.59 bits per heavy atom. The first-order chi connectivity index (χ1) is 35.2. The number of nitrogen functional groups attached to an aromatic ring is 1. The number of anilines is 4. The van der Waals surface area contributed by atoms with Crippen molar-refractivity contribution in [2.75, 3.05) is 16.4 Å². The lowest BCUT2D eigenvalue weighted by molar-refractivity contribution is -0.385. The molecule has 1 amide bonds. The Kier molecular flexibility index (Phi) is 18.6. The molecule has 5 aromatic heterocycles. The lowest BCUT2D eigenvalue weighted by Gasteiger charge is -2.29. The van der Waals surface area contributed by atoms with Crippen LogP contribution in [0.4, 0.5) is 38.9 Å². The van der Waals surface area contributed by atoms with Crippen molar-refractivity contribution in [3.05, 3.63) is 208 Å². The van der Waals surface area contributed by atoms with Crippen LogP contribution in [0.5, 0.6) is 0 Å². The topological polar surface area (TPSA) is 313 Å². The van der Waals surface area contributed by atoms with Gasteiger partial charge in [0.25, 0.3) is 17.3 Å². The van der Waals surface area contributed by atoms with Crippen molar-refractivity contribution in [3.63, 3.8) is 0 Å². The number of aromatic amines is 1. The number of nitro benzene ring substituents is 2. The molecule has 1 saturated carbocycles. The average Bonchev–Trinajstić information content (AvgIpc) is 4.25. The number of carbonyl (C=O) groups is 1. The van der Waals surface area contributed by atoms with Crippen LogP contribution >= 0.6 is 0 Å². The first-order valence-electron chi connectivity index (χ1n) is 22.7. The van der Waals surface area contributed by atoms with Crippen LogP contribution < -0.4 is 27.8 Å². The second-order valence-electron chi connectivity index (χ2n) is 16.1. The number of H-pyrrole nitrogens is 1. The number of nitrogens with two attached hydrogens (primary N) is 3. The number of non-ortho nitro benzene ring substituents is 2. The highest BCUT2D eigenvalue weighted by atomic mass is 19.1. The van der Waals surface area contributed by atoms with E-state index < -0.39 is 21.6 Å². The molecule has 1 fully saturated rings. The van der Waals surface area contributed by atoms with Gasteiger partial charge in [-0.25, -0.2) is 24.3 Å². The number of hydrogen-bond donors (Lipinski definition) is 6. The lowest BCUT2D eigenvalue weighted by Crippen LogP contribution is -2.43. The highest BCUT2D eigenvalue weighted by Gasteiger charge is 2.23. The van der Waals surface area contributed by atoms with E-state index in [0.29, 0.717) is 11.8 Å². The summed E-state index contributed by atoms with van der Waals surface area (Å²) in [6, 6.07) is 28.2. The zero-order chi connectivity index (χ0) is 52.3. The third kappa shape index (κ3) is 15.4. The van der Waals surface area contributed by atoms with Crippen molar-refractivity contribution in [1.82, 2.24) is 48.8 Å². The van der Waals surface area contributed by atoms with Gasteiger partial charge in [-0.05, 0) is 112 Å². The number of rotatable bonds is 10. The summed E-state index contributed by atoms with van der Waals surface area (Å²) in [6.45, 7) is 5.79. The Morgan fingerprint density at radius 2 is 1.18 bits per heavy atom. The Labute approximate surface area is 418 Å². The summed E-state index contributed by atoms with van der Waals surface area (Å²) in [4.78, 5) is 52.6. The molecule has 0 radical (unpaired) electrons. The molecule has 1 aliphatic carbocycles. The Balaban J connectivity index is 0.000000168. The Morgan fingerprint density at radius 1 is 0.699 bits per heavy atom. The monoisotopic (exact) mass is 991 g/mol. The highest BCUT2D eigenvalue weighted by Crippen LogP contribution is 2.24. The van der Waals surface area contributed by atoms with Gasteiger partial charge in [-0.2, -0.15) is 10.1 Å². The second kappa shape index (κ2) is 25.8. The molecule has 73 heavy (non-hydrogen) atoms. The Hall–Kier alpha value is -9.64. The molecule has 23 heteroatoms. The van der Waals surface area contributed by atoms with E-state index in [1.807, 2.05) is 108 Å². The van der Waals surface area contributed by atoms with Gasteiger partial charge >= 0.3 is 0 Å². The molecule has 9 aromatic rings. The van der Waals surface area contributed by atoms with E-state index in [9.17, 15) is 29.4 Å². The average molecular weight is 992 g/mol. The number of imidazole rings is 3. The van der Waals surface area contributed by atoms with E-state index in [1.165, 1.54) is 18.3 Å². The lowest BCUT2D eigenvalue weighted by atomic mass is 9.91.